The van der Waals surface area contributed by atoms with Crippen LogP contribution >= 0.6 is 0 Å². The molecule has 130 valence electrons. The number of carboxylic acid groups (broad SMARTS) is 1. The number of benzene rings is 1. The first kappa shape index (κ1) is 15.8. The zero-order valence-electron chi connectivity index (χ0n) is 13.7. The molecule has 1 amide bonds. The molecule has 4 rings (SSSR count). The summed E-state index contributed by atoms with van der Waals surface area (Å²) in [7, 11) is 0. The van der Waals surface area contributed by atoms with Crippen LogP contribution in [0.4, 0.5) is 0 Å². The summed E-state index contributed by atoms with van der Waals surface area (Å²) >= 11 is 0. The standard InChI is InChI=1S/C18H19N3O4/c22-17(13-10-14(13)18(23)24)21-8-6-12(7-9-21)16-19-15(20-25-16)11-4-2-1-3-5-11/h1-5,12-14H,6-10H2,(H,23,24)/t13-,14-/m1/s1. The van der Waals surface area contributed by atoms with E-state index in [0.717, 1.165) is 18.4 Å². The maximum absolute atomic E-state index is 12.3. The minimum atomic E-state index is -0.868. The largest absolute Gasteiger partial charge is 0.481 e. The number of aliphatic carboxylic acids is 1. The van der Waals surface area contributed by atoms with E-state index in [2.05, 4.69) is 10.1 Å². The lowest BCUT2D eigenvalue weighted by molar-refractivity contribution is -0.142. The van der Waals surface area contributed by atoms with Crippen molar-refractivity contribution in [3.63, 3.8) is 0 Å². The second-order valence-corrected chi connectivity index (χ2v) is 6.71. The predicted molar refractivity (Wildman–Crippen MR) is 87.5 cm³/mol. The summed E-state index contributed by atoms with van der Waals surface area (Å²) in [4.78, 5) is 29.5. The van der Waals surface area contributed by atoms with Gasteiger partial charge in [-0.3, -0.25) is 9.59 Å². The normalized spacial score (nSPS) is 23.4. The molecule has 1 saturated heterocycles. The van der Waals surface area contributed by atoms with Crippen molar-refractivity contribution >= 4 is 11.9 Å². The van der Waals surface area contributed by atoms with Gasteiger partial charge in [-0.2, -0.15) is 4.98 Å². The molecular weight excluding hydrogens is 322 g/mol. The van der Waals surface area contributed by atoms with Crippen LogP contribution in [0.15, 0.2) is 34.9 Å². The van der Waals surface area contributed by atoms with Crippen LogP contribution in [0.2, 0.25) is 0 Å². The van der Waals surface area contributed by atoms with Crippen LogP contribution in [-0.2, 0) is 9.59 Å². The molecule has 1 aliphatic heterocycles. The second-order valence-electron chi connectivity index (χ2n) is 6.71. The molecule has 1 aliphatic carbocycles. The molecule has 2 fully saturated rings. The van der Waals surface area contributed by atoms with Crippen LogP contribution in [0.1, 0.15) is 31.1 Å². The summed E-state index contributed by atoms with van der Waals surface area (Å²) in [5, 5.41) is 13.0. The van der Waals surface area contributed by atoms with E-state index >= 15 is 0 Å². The smallest absolute Gasteiger partial charge is 0.307 e. The van der Waals surface area contributed by atoms with Gasteiger partial charge in [-0.15, -0.1) is 0 Å². The van der Waals surface area contributed by atoms with E-state index in [1.807, 2.05) is 30.3 Å². The van der Waals surface area contributed by atoms with E-state index in [-0.39, 0.29) is 17.7 Å². The number of carboxylic acids is 1. The number of rotatable bonds is 4. The molecule has 0 bridgehead atoms. The quantitative estimate of drug-likeness (QED) is 0.915. The van der Waals surface area contributed by atoms with Gasteiger partial charge in [0.05, 0.1) is 11.8 Å². The summed E-state index contributed by atoms with van der Waals surface area (Å²) in [6.07, 6.45) is 1.98. The SMILES string of the molecule is O=C(O)[C@@H]1C[C@H]1C(=O)N1CCC(c2nc(-c3ccccc3)no2)CC1. The van der Waals surface area contributed by atoms with Crippen LogP contribution in [0.25, 0.3) is 11.4 Å². The molecule has 7 nitrogen and oxygen atoms in total. The van der Waals surface area contributed by atoms with Crippen molar-refractivity contribution in [3.05, 3.63) is 36.2 Å². The number of carbonyl (C=O) groups is 2. The lowest BCUT2D eigenvalue weighted by Gasteiger charge is -2.30. The van der Waals surface area contributed by atoms with Gasteiger partial charge in [0.25, 0.3) is 0 Å². The Balaban J connectivity index is 1.36. The number of piperidine rings is 1. The fourth-order valence-electron chi connectivity index (χ4n) is 3.43. The predicted octanol–water partition coefficient (Wildman–Crippen LogP) is 2.16. The van der Waals surface area contributed by atoms with Gasteiger partial charge in [0, 0.05) is 24.6 Å². The van der Waals surface area contributed by atoms with Gasteiger partial charge >= 0.3 is 5.97 Å². The minimum Gasteiger partial charge on any atom is -0.481 e. The van der Waals surface area contributed by atoms with Crippen molar-refractivity contribution in [2.24, 2.45) is 11.8 Å². The third-order valence-electron chi connectivity index (χ3n) is 5.05. The Bertz CT molecular complexity index is 781. The fraction of sp³-hybridized carbons (Fsp3) is 0.444. The Labute approximate surface area is 144 Å². The number of hydrogen-bond acceptors (Lipinski definition) is 5. The summed E-state index contributed by atoms with van der Waals surface area (Å²) in [6.45, 7) is 1.21. The van der Waals surface area contributed by atoms with Crippen LogP contribution in [0.5, 0.6) is 0 Å². The summed E-state index contributed by atoms with van der Waals surface area (Å²) in [5.74, 6) is -0.383. The van der Waals surface area contributed by atoms with Crippen molar-refractivity contribution in [1.82, 2.24) is 15.0 Å². The van der Waals surface area contributed by atoms with Gasteiger partial charge in [-0.05, 0) is 19.3 Å². The third kappa shape index (κ3) is 3.14. The Morgan fingerprint density at radius 1 is 1.12 bits per heavy atom. The van der Waals surface area contributed by atoms with Gasteiger partial charge in [0.1, 0.15) is 0 Å². The minimum absolute atomic E-state index is 0.0265. The van der Waals surface area contributed by atoms with E-state index in [4.69, 9.17) is 9.63 Å². The van der Waals surface area contributed by atoms with Gasteiger partial charge in [-0.25, -0.2) is 0 Å². The van der Waals surface area contributed by atoms with Crippen LogP contribution in [0.3, 0.4) is 0 Å². The highest BCUT2D eigenvalue weighted by Gasteiger charge is 2.50. The summed E-state index contributed by atoms with van der Waals surface area (Å²) in [6, 6.07) is 9.66. The first-order valence-electron chi connectivity index (χ1n) is 8.54. The van der Waals surface area contributed by atoms with E-state index < -0.39 is 11.9 Å². The number of hydrogen-bond donors (Lipinski definition) is 1. The lowest BCUT2D eigenvalue weighted by Crippen LogP contribution is -2.39. The molecule has 1 aromatic carbocycles. The van der Waals surface area contributed by atoms with Gasteiger partial charge in [-0.1, -0.05) is 35.5 Å². The maximum atomic E-state index is 12.3. The van der Waals surface area contributed by atoms with Gasteiger partial charge < -0.3 is 14.5 Å². The molecule has 25 heavy (non-hydrogen) atoms. The number of nitrogens with zero attached hydrogens (tertiary/aromatic N) is 3. The Hall–Kier alpha value is -2.70. The van der Waals surface area contributed by atoms with E-state index in [1.165, 1.54) is 0 Å². The highest BCUT2D eigenvalue weighted by atomic mass is 16.5. The molecule has 2 atom stereocenters. The second kappa shape index (κ2) is 6.31. The number of amides is 1. The van der Waals surface area contributed by atoms with Crippen molar-refractivity contribution in [1.29, 1.82) is 0 Å². The highest BCUT2D eigenvalue weighted by Crippen LogP contribution is 2.41. The Morgan fingerprint density at radius 3 is 2.48 bits per heavy atom. The van der Waals surface area contributed by atoms with Gasteiger partial charge in [0.2, 0.25) is 17.6 Å². The molecule has 2 aromatic rings. The first-order valence-corrected chi connectivity index (χ1v) is 8.54. The van der Waals surface area contributed by atoms with Crippen molar-refractivity contribution in [2.75, 3.05) is 13.1 Å². The molecule has 7 heteroatoms. The van der Waals surface area contributed by atoms with Crippen molar-refractivity contribution in [2.45, 2.75) is 25.2 Å². The van der Waals surface area contributed by atoms with Crippen molar-refractivity contribution < 1.29 is 19.2 Å². The third-order valence-corrected chi connectivity index (χ3v) is 5.05. The number of carbonyl (C=O) groups excluding carboxylic acids is 1. The molecule has 0 radical (unpaired) electrons. The number of likely N-dealkylation sites (tertiary alicyclic amines) is 1. The summed E-state index contributed by atoms with van der Waals surface area (Å²) < 4.78 is 5.42. The van der Waals surface area contributed by atoms with Crippen molar-refractivity contribution in [3.8, 4) is 11.4 Å². The lowest BCUT2D eigenvalue weighted by atomic mass is 9.96. The van der Waals surface area contributed by atoms with Gasteiger partial charge in [0.15, 0.2) is 0 Å². The fourth-order valence-corrected chi connectivity index (χ4v) is 3.43. The van der Waals surface area contributed by atoms with E-state index in [1.54, 1.807) is 4.90 Å². The Morgan fingerprint density at radius 2 is 1.84 bits per heavy atom. The molecule has 1 aromatic heterocycles. The molecule has 1 N–H and O–H groups in total. The average Bonchev–Trinajstić information content (AvgIpc) is 3.31. The molecule has 2 aliphatic rings. The molecular formula is C18H19N3O4. The molecule has 2 heterocycles. The highest BCUT2D eigenvalue weighted by molar-refractivity contribution is 5.89. The molecule has 0 spiro atoms. The van der Waals surface area contributed by atoms with E-state index in [9.17, 15) is 9.59 Å². The first-order chi connectivity index (χ1) is 12.1. The van der Waals surface area contributed by atoms with Crippen LogP contribution in [0, 0.1) is 11.8 Å². The average molecular weight is 341 g/mol. The number of aromatic nitrogens is 2. The Kier molecular flexibility index (Phi) is 3.99. The maximum Gasteiger partial charge on any atom is 0.307 e. The zero-order valence-corrected chi connectivity index (χ0v) is 13.7. The van der Waals surface area contributed by atoms with Crippen LogP contribution in [-0.4, -0.2) is 45.1 Å². The summed E-state index contributed by atoms with van der Waals surface area (Å²) in [5.41, 5.74) is 0.915. The monoisotopic (exact) mass is 341 g/mol. The molecule has 0 unspecified atom stereocenters. The van der Waals surface area contributed by atoms with E-state index in [0.29, 0.717) is 31.2 Å². The van der Waals surface area contributed by atoms with Crippen LogP contribution < -0.4 is 0 Å². The molecule has 1 saturated carbocycles. The topological polar surface area (TPSA) is 96.5 Å². The zero-order chi connectivity index (χ0) is 17.4.